The maximum absolute atomic E-state index is 5.04. The molecule has 0 amide bonds. The van der Waals surface area contributed by atoms with Gasteiger partial charge in [-0.2, -0.15) is 0 Å². The van der Waals surface area contributed by atoms with Gasteiger partial charge in [-0.05, 0) is 0 Å². The minimum absolute atomic E-state index is 0.670. The van der Waals surface area contributed by atoms with Gasteiger partial charge in [-0.3, -0.25) is 0 Å². The molecule has 2 nitrogen and oxygen atoms in total. The first-order chi connectivity index (χ1) is 2.41. The van der Waals surface area contributed by atoms with Crippen LogP contribution >= 0.6 is 0 Å². The third-order valence-electron chi connectivity index (χ3n) is 0.233. The zero-order chi connectivity index (χ0) is 4.12. The predicted molar refractivity (Wildman–Crippen MR) is 17.1 cm³/mol. The summed E-state index contributed by atoms with van der Waals surface area (Å²) in [5.41, 5.74) is 5.04. The maximum atomic E-state index is 5.04. The molecule has 0 atom stereocenters. The Hall–Kier alpha value is 0.439. The summed E-state index contributed by atoms with van der Waals surface area (Å²) in [6.07, 6.45) is 0. The second-order valence-corrected chi connectivity index (χ2v) is 1.05. The summed E-state index contributed by atoms with van der Waals surface area (Å²) in [7, 11) is 0. The minimum atomic E-state index is 0.670. The van der Waals surface area contributed by atoms with E-state index in [0.29, 0.717) is 6.54 Å². The molecule has 0 aliphatic rings. The Balaban J connectivity index is 2.19. The van der Waals surface area contributed by atoms with Crippen molar-refractivity contribution in [2.75, 3.05) is 13.1 Å². The van der Waals surface area contributed by atoms with E-state index in [2.05, 4.69) is 20.6 Å². The van der Waals surface area contributed by atoms with E-state index in [-0.39, 0.29) is 0 Å². The SMILES string of the molecule is NCC[NH][Fe]. The summed E-state index contributed by atoms with van der Waals surface area (Å²) in [5, 5.41) is 0. The summed E-state index contributed by atoms with van der Waals surface area (Å²) < 4.78 is 2.64. The Morgan fingerprint density at radius 1 is 1.80 bits per heavy atom. The summed E-state index contributed by atoms with van der Waals surface area (Å²) in [4.78, 5) is 0. The Bertz CT molecular complexity index is 15.1. The number of hydrogen-bond acceptors (Lipinski definition) is 2. The van der Waals surface area contributed by atoms with Crippen molar-refractivity contribution < 1.29 is 16.2 Å². The number of hydrogen-bond donors (Lipinski definition) is 2. The van der Waals surface area contributed by atoms with Gasteiger partial charge < -0.3 is 0 Å². The topological polar surface area (TPSA) is 38.0 Å². The van der Waals surface area contributed by atoms with Crippen molar-refractivity contribution in [2.24, 2.45) is 5.73 Å². The standard InChI is InChI=1S/C2H7N2.Fe/c3-1-2-4;/h3H,1-2,4H2;/q-1;+1. The average molecular weight is 115 g/mol. The average Bonchev–Trinajstić information content (AvgIpc) is 1.41. The molecule has 0 aromatic heterocycles. The molecule has 0 rings (SSSR count). The molecule has 3 heteroatoms. The van der Waals surface area contributed by atoms with E-state index in [1.807, 2.05) is 0 Å². The molecule has 0 radical (unpaired) electrons. The molecule has 0 bridgehead atoms. The summed E-state index contributed by atoms with van der Waals surface area (Å²) in [6, 6.07) is 0. The van der Waals surface area contributed by atoms with Gasteiger partial charge in [0.15, 0.2) is 0 Å². The summed E-state index contributed by atoms with van der Waals surface area (Å²) in [5.74, 6) is 0. The summed E-state index contributed by atoms with van der Waals surface area (Å²) in [6.45, 7) is 1.48. The zero-order valence-corrected chi connectivity index (χ0v) is 3.95. The van der Waals surface area contributed by atoms with Crippen molar-refractivity contribution >= 4 is 0 Å². The fourth-order valence-electron chi connectivity index (χ4n) is 0.0510. The van der Waals surface area contributed by atoms with Gasteiger partial charge in [0.05, 0.1) is 0 Å². The van der Waals surface area contributed by atoms with Crippen molar-refractivity contribution in [3.8, 4) is 0 Å². The first kappa shape index (κ1) is 5.44. The van der Waals surface area contributed by atoms with E-state index < -0.39 is 0 Å². The van der Waals surface area contributed by atoms with Crippen LogP contribution in [0.3, 0.4) is 0 Å². The Kier molecular flexibility index (Phi) is 4.83. The first-order valence-electron chi connectivity index (χ1n) is 1.44. The van der Waals surface area contributed by atoms with Gasteiger partial charge in [-0.15, -0.1) is 0 Å². The van der Waals surface area contributed by atoms with Crippen LogP contribution in [-0.2, 0) is 16.2 Å². The number of nitrogens with two attached hydrogens (primary N) is 1. The molecule has 0 unspecified atom stereocenters. The quantitative estimate of drug-likeness (QED) is 0.453. The predicted octanol–water partition coefficient (Wildman–Crippen LogP) is -1.00. The van der Waals surface area contributed by atoms with E-state index in [9.17, 15) is 0 Å². The second-order valence-electron chi connectivity index (χ2n) is 0.664. The number of nitrogens with one attached hydrogen (secondary N) is 1. The first-order valence-corrected chi connectivity index (χ1v) is 1.99. The van der Waals surface area contributed by atoms with Crippen molar-refractivity contribution in [2.45, 2.75) is 0 Å². The molecule has 33 valence electrons. The fourth-order valence-corrected chi connectivity index (χ4v) is 0.210. The van der Waals surface area contributed by atoms with Gasteiger partial charge in [-0.25, -0.2) is 0 Å². The second kappa shape index (κ2) is 4.44. The fraction of sp³-hybridized carbons (Fsp3) is 1.00. The van der Waals surface area contributed by atoms with Crippen molar-refractivity contribution in [3.63, 3.8) is 0 Å². The molecular weight excluding hydrogens is 108 g/mol. The van der Waals surface area contributed by atoms with Gasteiger partial charge in [0.2, 0.25) is 0 Å². The van der Waals surface area contributed by atoms with Crippen molar-refractivity contribution in [3.05, 3.63) is 0 Å². The molecule has 0 aliphatic heterocycles. The molecule has 0 spiro atoms. The van der Waals surface area contributed by atoms with E-state index in [1.165, 1.54) is 0 Å². The Morgan fingerprint density at radius 3 is 2.40 bits per heavy atom. The zero-order valence-electron chi connectivity index (χ0n) is 2.85. The van der Waals surface area contributed by atoms with E-state index in [1.54, 1.807) is 0 Å². The van der Waals surface area contributed by atoms with Crippen LogP contribution in [0, 0.1) is 0 Å². The molecule has 0 heterocycles. The van der Waals surface area contributed by atoms with Crippen molar-refractivity contribution in [1.29, 1.82) is 0 Å². The van der Waals surface area contributed by atoms with Crippen LogP contribution < -0.4 is 10.1 Å². The van der Waals surface area contributed by atoms with Gasteiger partial charge >= 0.3 is 39.4 Å². The Labute approximate surface area is 40.1 Å². The molecule has 0 aromatic carbocycles. The third kappa shape index (κ3) is 4.44. The molecule has 0 aliphatic carbocycles. The van der Waals surface area contributed by atoms with Crippen LogP contribution in [0.25, 0.3) is 0 Å². The summed E-state index contributed by atoms with van der Waals surface area (Å²) >= 11 is 3.35. The van der Waals surface area contributed by atoms with Gasteiger partial charge in [0.25, 0.3) is 0 Å². The molecule has 3 N–H and O–H groups in total. The molecular formula is C2H7FeN2. The van der Waals surface area contributed by atoms with Crippen LogP contribution in [0.15, 0.2) is 0 Å². The van der Waals surface area contributed by atoms with E-state index >= 15 is 0 Å². The van der Waals surface area contributed by atoms with Gasteiger partial charge in [0.1, 0.15) is 0 Å². The molecule has 0 aromatic rings. The van der Waals surface area contributed by atoms with E-state index in [4.69, 9.17) is 5.73 Å². The van der Waals surface area contributed by atoms with Crippen LogP contribution in [0.4, 0.5) is 0 Å². The molecule has 0 saturated carbocycles. The van der Waals surface area contributed by atoms with Crippen molar-refractivity contribution in [1.82, 2.24) is 4.33 Å². The monoisotopic (exact) mass is 115 g/mol. The van der Waals surface area contributed by atoms with Crippen LogP contribution in [0.2, 0.25) is 0 Å². The molecule has 0 saturated heterocycles. The normalized spacial score (nSPS) is 8.40. The van der Waals surface area contributed by atoms with E-state index in [0.717, 1.165) is 6.54 Å². The number of rotatable bonds is 2. The third-order valence-corrected chi connectivity index (χ3v) is 0.509. The van der Waals surface area contributed by atoms with Crippen LogP contribution in [0.1, 0.15) is 0 Å². The van der Waals surface area contributed by atoms with Gasteiger partial charge in [0, 0.05) is 0 Å². The van der Waals surface area contributed by atoms with Gasteiger partial charge in [-0.1, -0.05) is 0 Å². The molecule has 0 fully saturated rings. The molecule has 5 heavy (non-hydrogen) atoms. The Morgan fingerprint density at radius 2 is 2.40 bits per heavy atom. The van der Waals surface area contributed by atoms with Crippen LogP contribution in [0.5, 0.6) is 0 Å². The van der Waals surface area contributed by atoms with Crippen LogP contribution in [-0.4, -0.2) is 13.1 Å².